The summed E-state index contributed by atoms with van der Waals surface area (Å²) in [5, 5.41) is 2.84. The molecule has 0 atom stereocenters. The van der Waals surface area contributed by atoms with E-state index in [-0.39, 0.29) is 5.91 Å². The van der Waals surface area contributed by atoms with E-state index in [0.29, 0.717) is 6.61 Å². The zero-order chi connectivity index (χ0) is 19.6. The van der Waals surface area contributed by atoms with Crippen LogP contribution < -0.4 is 10.1 Å². The van der Waals surface area contributed by atoms with Gasteiger partial charge in [-0.25, -0.2) is 4.98 Å². The molecule has 2 aromatic heterocycles. The van der Waals surface area contributed by atoms with E-state index in [0.717, 1.165) is 39.4 Å². The van der Waals surface area contributed by atoms with Crippen molar-refractivity contribution < 1.29 is 14.0 Å². The summed E-state index contributed by atoms with van der Waals surface area (Å²) >= 11 is 0. The number of nitrogens with one attached hydrogen (secondary N) is 1. The first-order valence-electron chi connectivity index (χ1n) is 9.00. The van der Waals surface area contributed by atoms with E-state index in [1.165, 1.54) is 12.6 Å². The zero-order valence-electron chi connectivity index (χ0n) is 16.6. The molecule has 3 aromatic rings. The summed E-state index contributed by atoms with van der Waals surface area (Å²) in [4.78, 5) is 16.1. The Bertz CT molecular complexity index is 970. The van der Waals surface area contributed by atoms with E-state index >= 15 is 0 Å². The number of pyridine rings is 1. The average Bonchev–Trinajstić information content (AvgIpc) is 2.88. The maximum Gasteiger partial charge on any atom is 0.221 e. The lowest BCUT2D eigenvalue weighted by Gasteiger charge is -2.23. The number of benzene rings is 1. The van der Waals surface area contributed by atoms with Crippen molar-refractivity contribution in [2.75, 3.05) is 26.5 Å². The maximum atomic E-state index is 11.4. The number of amides is 1. The van der Waals surface area contributed by atoms with Crippen LogP contribution in [0.4, 0.5) is 5.69 Å². The Hall–Kier alpha value is -2.86. The number of aryl methyl sites for hydroxylation is 1. The fraction of sp³-hybridized carbons (Fsp3) is 0.333. The third kappa shape index (κ3) is 4.46. The number of hydrogen-bond donors (Lipinski definition) is 1. The number of carbonyl (C=O) groups excluding carboxylic acids is 1. The highest BCUT2D eigenvalue weighted by Gasteiger charge is 2.18. The van der Waals surface area contributed by atoms with E-state index in [2.05, 4.69) is 30.9 Å². The molecule has 6 heteroatoms. The summed E-state index contributed by atoms with van der Waals surface area (Å²) in [5.74, 6) is 0.629. The molecule has 0 unspecified atom stereocenters. The minimum Gasteiger partial charge on any atom is -0.485 e. The molecule has 27 heavy (non-hydrogen) atoms. The summed E-state index contributed by atoms with van der Waals surface area (Å²) in [6.07, 6.45) is 2.03. The minimum absolute atomic E-state index is 0.0987. The first kappa shape index (κ1) is 18.9. The van der Waals surface area contributed by atoms with Crippen LogP contribution >= 0.6 is 0 Å². The number of hydrogen-bond acceptors (Lipinski definition) is 3. The van der Waals surface area contributed by atoms with E-state index in [9.17, 15) is 4.79 Å². The molecule has 0 fully saturated rings. The Kier molecular flexibility index (Phi) is 5.19. The second-order valence-electron chi connectivity index (χ2n) is 7.79. The van der Waals surface area contributed by atoms with Gasteiger partial charge in [0, 0.05) is 24.4 Å². The SMILES string of the molecule is CC(=O)Nc1ccccc1COc1cccn2c(C[N+](C)(C)C)c(C)nc12. The van der Waals surface area contributed by atoms with E-state index < -0.39 is 0 Å². The third-order valence-electron chi connectivity index (χ3n) is 4.25. The van der Waals surface area contributed by atoms with Crippen LogP contribution in [-0.2, 0) is 17.9 Å². The standard InChI is InChI=1S/C21H26N4O2/c1-15-19(13-25(3,4)5)24-12-8-11-20(21(24)22-15)27-14-17-9-6-7-10-18(17)23-16(2)26/h6-12H,13-14H2,1-5H3/p+1. The lowest BCUT2D eigenvalue weighted by Crippen LogP contribution is -2.34. The molecule has 0 saturated heterocycles. The van der Waals surface area contributed by atoms with Crippen molar-refractivity contribution >= 4 is 17.2 Å². The molecule has 0 spiro atoms. The molecule has 0 bridgehead atoms. The van der Waals surface area contributed by atoms with Gasteiger partial charge in [0.2, 0.25) is 5.91 Å². The highest BCUT2D eigenvalue weighted by Crippen LogP contribution is 2.25. The predicted molar refractivity (Wildman–Crippen MR) is 107 cm³/mol. The first-order chi connectivity index (χ1) is 12.7. The molecule has 142 valence electrons. The molecule has 0 aliphatic carbocycles. The van der Waals surface area contributed by atoms with E-state index in [4.69, 9.17) is 9.72 Å². The minimum atomic E-state index is -0.0987. The van der Waals surface area contributed by atoms with E-state index in [1.807, 2.05) is 49.5 Å². The van der Waals surface area contributed by atoms with Gasteiger partial charge in [-0.1, -0.05) is 18.2 Å². The number of fused-ring (bicyclic) bond motifs is 1. The highest BCUT2D eigenvalue weighted by atomic mass is 16.5. The van der Waals surface area contributed by atoms with Crippen molar-refractivity contribution in [1.29, 1.82) is 0 Å². The molecular formula is C21H27N4O2+. The van der Waals surface area contributed by atoms with Crippen LogP contribution in [0, 0.1) is 6.92 Å². The van der Waals surface area contributed by atoms with Gasteiger partial charge in [0.1, 0.15) is 18.8 Å². The van der Waals surface area contributed by atoms with Crippen LogP contribution in [0.1, 0.15) is 23.9 Å². The largest absolute Gasteiger partial charge is 0.485 e. The summed E-state index contributed by atoms with van der Waals surface area (Å²) in [5.41, 5.74) is 4.70. The van der Waals surface area contributed by atoms with Gasteiger partial charge in [0.05, 0.1) is 26.8 Å². The molecular weight excluding hydrogens is 340 g/mol. The average molecular weight is 367 g/mol. The van der Waals surface area contributed by atoms with Crippen molar-refractivity contribution in [3.05, 3.63) is 59.5 Å². The summed E-state index contributed by atoms with van der Waals surface area (Å²) in [6.45, 7) is 4.77. The van der Waals surface area contributed by atoms with Crippen LogP contribution in [0.25, 0.3) is 5.65 Å². The quantitative estimate of drug-likeness (QED) is 0.680. The number of para-hydroxylation sites is 1. The topological polar surface area (TPSA) is 55.6 Å². The van der Waals surface area contributed by atoms with Crippen molar-refractivity contribution in [1.82, 2.24) is 9.38 Å². The Labute approximate surface area is 160 Å². The zero-order valence-corrected chi connectivity index (χ0v) is 16.6. The summed E-state index contributed by atoms with van der Waals surface area (Å²) in [6, 6.07) is 11.6. The van der Waals surface area contributed by atoms with Crippen LogP contribution in [0.2, 0.25) is 0 Å². The number of rotatable bonds is 6. The maximum absolute atomic E-state index is 11.4. The summed E-state index contributed by atoms with van der Waals surface area (Å²) in [7, 11) is 6.49. The number of quaternary nitrogens is 1. The normalized spacial score (nSPS) is 11.6. The fourth-order valence-corrected chi connectivity index (χ4v) is 3.07. The smallest absolute Gasteiger partial charge is 0.221 e. The van der Waals surface area contributed by atoms with Gasteiger partial charge in [-0.15, -0.1) is 0 Å². The van der Waals surface area contributed by atoms with Crippen molar-refractivity contribution in [3.8, 4) is 5.75 Å². The molecule has 3 rings (SSSR count). The van der Waals surface area contributed by atoms with Gasteiger partial charge in [0.25, 0.3) is 0 Å². The molecule has 1 N–H and O–H groups in total. The number of imidazole rings is 1. The van der Waals surface area contributed by atoms with Crippen molar-refractivity contribution in [2.45, 2.75) is 27.0 Å². The van der Waals surface area contributed by atoms with Gasteiger partial charge in [-0.05, 0) is 25.1 Å². The number of nitrogens with zero attached hydrogens (tertiary/aromatic N) is 3. The molecule has 6 nitrogen and oxygen atoms in total. The van der Waals surface area contributed by atoms with Crippen LogP contribution in [0.5, 0.6) is 5.75 Å². The second-order valence-corrected chi connectivity index (χ2v) is 7.79. The molecule has 0 aliphatic heterocycles. The second kappa shape index (κ2) is 7.40. The van der Waals surface area contributed by atoms with Gasteiger partial charge in [-0.3, -0.25) is 9.20 Å². The Morgan fingerprint density at radius 3 is 2.63 bits per heavy atom. The van der Waals surface area contributed by atoms with Crippen molar-refractivity contribution in [3.63, 3.8) is 0 Å². The number of carbonyl (C=O) groups is 1. The molecule has 0 aliphatic rings. The monoisotopic (exact) mass is 367 g/mol. The number of anilines is 1. The molecule has 2 heterocycles. The molecule has 0 radical (unpaired) electrons. The van der Waals surface area contributed by atoms with Crippen LogP contribution in [0.15, 0.2) is 42.6 Å². The van der Waals surface area contributed by atoms with Crippen LogP contribution in [0.3, 0.4) is 0 Å². The lowest BCUT2D eigenvalue weighted by molar-refractivity contribution is -0.884. The van der Waals surface area contributed by atoms with Crippen molar-refractivity contribution in [2.24, 2.45) is 0 Å². The Morgan fingerprint density at radius 2 is 1.93 bits per heavy atom. The van der Waals surface area contributed by atoms with E-state index in [1.54, 1.807) is 0 Å². The lowest BCUT2D eigenvalue weighted by atomic mass is 10.2. The fourth-order valence-electron chi connectivity index (χ4n) is 3.07. The van der Waals surface area contributed by atoms with Gasteiger partial charge < -0.3 is 14.5 Å². The van der Waals surface area contributed by atoms with Gasteiger partial charge in [-0.2, -0.15) is 0 Å². The molecule has 0 saturated carbocycles. The third-order valence-corrected chi connectivity index (χ3v) is 4.25. The Balaban J connectivity index is 1.89. The van der Waals surface area contributed by atoms with Gasteiger partial charge in [0.15, 0.2) is 11.4 Å². The van der Waals surface area contributed by atoms with Crippen LogP contribution in [-0.4, -0.2) is 40.9 Å². The first-order valence-corrected chi connectivity index (χ1v) is 9.00. The summed E-state index contributed by atoms with van der Waals surface area (Å²) < 4.78 is 9.01. The Morgan fingerprint density at radius 1 is 1.19 bits per heavy atom. The number of aromatic nitrogens is 2. The molecule has 1 amide bonds. The predicted octanol–water partition coefficient (Wildman–Crippen LogP) is 3.39. The molecule has 1 aromatic carbocycles. The number of ether oxygens (including phenoxy) is 1. The van der Waals surface area contributed by atoms with Gasteiger partial charge >= 0.3 is 0 Å². The highest BCUT2D eigenvalue weighted by molar-refractivity contribution is 5.89.